The lowest BCUT2D eigenvalue weighted by atomic mass is 10.2. The van der Waals surface area contributed by atoms with E-state index in [1.807, 2.05) is 12.1 Å². The fourth-order valence-corrected chi connectivity index (χ4v) is 3.35. The van der Waals surface area contributed by atoms with Gasteiger partial charge in [-0.05, 0) is 25.0 Å². The van der Waals surface area contributed by atoms with E-state index in [9.17, 15) is 5.26 Å². The van der Waals surface area contributed by atoms with Gasteiger partial charge < -0.3 is 19.4 Å². The molecule has 1 aliphatic rings. The molecular formula is C16H20N4O2. The average molecular weight is 300 g/mol. The number of fused-ring (bicyclic) bond motifs is 1. The highest BCUT2D eigenvalue weighted by molar-refractivity contribution is 5.88. The number of nitriles is 1. The zero-order chi connectivity index (χ0) is 15.5. The number of anilines is 1. The predicted molar refractivity (Wildman–Crippen MR) is 83.8 cm³/mol. The lowest BCUT2D eigenvalue weighted by Gasteiger charge is -2.31. The first-order chi connectivity index (χ1) is 10.8. The number of nitrogens with one attached hydrogen (secondary N) is 1. The Morgan fingerprint density at radius 1 is 1.32 bits per heavy atom. The maximum atomic E-state index is 9.60. The number of hydrogen-bond acceptors (Lipinski definition) is 5. The van der Waals surface area contributed by atoms with Gasteiger partial charge in [0.05, 0.1) is 30.8 Å². The normalized spacial score (nSPS) is 21.4. The molecule has 1 fully saturated rings. The second-order valence-corrected chi connectivity index (χ2v) is 5.56. The van der Waals surface area contributed by atoms with E-state index in [1.165, 1.54) is 0 Å². The molecule has 6 heteroatoms. The van der Waals surface area contributed by atoms with Crippen LogP contribution in [0.15, 0.2) is 18.3 Å². The molecule has 0 aromatic carbocycles. The molecule has 0 spiro atoms. The number of hydrogen-bond donors (Lipinski definition) is 1. The number of pyridine rings is 1. The van der Waals surface area contributed by atoms with Gasteiger partial charge in [0.25, 0.3) is 0 Å². The molecule has 1 N–H and O–H groups in total. The summed E-state index contributed by atoms with van der Waals surface area (Å²) in [4.78, 5) is 9.95. The Bertz CT molecular complexity index is 677. The summed E-state index contributed by atoms with van der Waals surface area (Å²) in [7, 11) is 3.42. The first-order valence-electron chi connectivity index (χ1n) is 7.43. The van der Waals surface area contributed by atoms with Gasteiger partial charge in [-0.25, -0.2) is 0 Å². The van der Waals surface area contributed by atoms with Crippen LogP contribution in [-0.2, 0) is 9.47 Å². The van der Waals surface area contributed by atoms with E-state index in [0.29, 0.717) is 18.8 Å². The number of ether oxygens (including phenoxy) is 2. The van der Waals surface area contributed by atoms with Gasteiger partial charge in [-0.3, -0.25) is 4.98 Å². The maximum absolute atomic E-state index is 9.60. The summed E-state index contributed by atoms with van der Waals surface area (Å²) in [5.41, 5.74) is 2.20. The van der Waals surface area contributed by atoms with E-state index in [1.54, 1.807) is 20.4 Å². The number of aromatic nitrogens is 2. The highest BCUT2D eigenvalue weighted by Gasteiger charge is 2.36. The van der Waals surface area contributed by atoms with Gasteiger partial charge in [-0.1, -0.05) is 0 Å². The summed E-state index contributed by atoms with van der Waals surface area (Å²) >= 11 is 0. The van der Waals surface area contributed by atoms with Crippen LogP contribution in [0.25, 0.3) is 11.0 Å². The molecular weight excluding hydrogens is 280 g/mol. The standard InChI is InChI=1S/C16H20N4O2/c1-21-9-11-5-6-12(10-22-2)20(11)16-13(8-17)15-14(19-16)4-3-7-18-15/h3-4,7,11-12,19H,5-6,9-10H2,1-2H3. The molecule has 0 amide bonds. The molecule has 3 heterocycles. The minimum atomic E-state index is 0.241. The van der Waals surface area contributed by atoms with E-state index >= 15 is 0 Å². The Hall–Kier alpha value is -2.10. The van der Waals surface area contributed by atoms with Gasteiger partial charge in [-0.15, -0.1) is 0 Å². The highest BCUT2D eigenvalue weighted by Crippen LogP contribution is 2.35. The van der Waals surface area contributed by atoms with Crippen LogP contribution in [0.1, 0.15) is 18.4 Å². The molecule has 1 aliphatic heterocycles. The highest BCUT2D eigenvalue weighted by atomic mass is 16.5. The lowest BCUT2D eigenvalue weighted by Crippen LogP contribution is -2.41. The van der Waals surface area contributed by atoms with Crippen LogP contribution in [0, 0.1) is 11.3 Å². The molecule has 6 nitrogen and oxygen atoms in total. The molecule has 2 aromatic rings. The number of H-pyrrole nitrogens is 1. The van der Waals surface area contributed by atoms with E-state index < -0.39 is 0 Å². The minimum absolute atomic E-state index is 0.241. The molecule has 0 saturated carbocycles. The van der Waals surface area contributed by atoms with E-state index in [-0.39, 0.29) is 12.1 Å². The van der Waals surface area contributed by atoms with Crippen LogP contribution in [0.4, 0.5) is 5.82 Å². The molecule has 2 atom stereocenters. The monoisotopic (exact) mass is 300 g/mol. The van der Waals surface area contributed by atoms with Crippen LogP contribution in [0.5, 0.6) is 0 Å². The van der Waals surface area contributed by atoms with Crippen LogP contribution in [-0.4, -0.2) is 49.5 Å². The zero-order valence-corrected chi connectivity index (χ0v) is 12.9. The summed E-state index contributed by atoms with van der Waals surface area (Å²) in [6.07, 6.45) is 3.76. The van der Waals surface area contributed by atoms with Crippen molar-refractivity contribution in [3.8, 4) is 6.07 Å². The predicted octanol–water partition coefficient (Wildman–Crippen LogP) is 2.06. The molecule has 2 unspecified atom stereocenters. The third-order valence-electron chi connectivity index (χ3n) is 4.24. The van der Waals surface area contributed by atoms with Crippen molar-refractivity contribution in [2.24, 2.45) is 0 Å². The smallest absolute Gasteiger partial charge is 0.127 e. The first-order valence-corrected chi connectivity index (χ1v) is 7.43. The van der Waals surface area contributed by atoms with E-state index in [0.717, 1.165) is 29.7 Å². The molecule has 1 saturated heterocycles. The number of methoxy groups -OCH3 is 2. The van der Waals surface area contributed by atoms with Crippen molar-refractivity contribution >= 4 is 16.9 Å². The number of nitrogens with zero attached hydrogens (tertiary/aromatic N) is 3. The largest absolute Gasteiger partial charge is 0.383 e. The molecule has 22 heavy (non-hydrogen) atoms. The second kappa shape index (κ2) is 6.34. The first kappa shape index (κ1) is 14.8. The Morgan fingerprint density at radius 2 is 2.00 bits per heavy atom. The van der Waals surface area contributed by atoms with Gasteiger partial charge >= 0.3 is 0 Å². The third-order valence-corrected chi connectivity index (χ3v) is 4.24. The lowest BCUT2D eigenvalue weighted by molar-refractivity contribution is 0.167. The van der Waals surface area contributed by atoms with E-state index in [2.05, 4.69) is 20.9 Å². The average Bonchev–Trinajstić information content (AvgIpc) is 3.08. The summed E-state index contributed by atoms with van der Waals surface area (Å²) in [6.45, 7) is 1.27. The third kappa shape index (κ3) is 2.43. The molecule has 0 bridgehead atoms. The molecule has 0 aliphatic carbocycles. The van der Waals surface area contributed by atoms with Crippen molar-refractivity contribution in [2.45, 2.75) is 24.9 Å². The minimum Gasteiger partial charge on any atom is -0.383 e. The molecule has 2 aromatic heterocycles. The Balaban J connectivity index is 2.07. The second-order valence-electron chi connectivity index (χ2n) is 5.56. The van der Waals surface area contributed by atoms with Crippen molar-refractivity contribution in [2.75, 3.05) is 32.3 Å². The van der Waals surface area contributed by atoms with Crippen molar-refractivity contribution in [1.29, 1.82) is 5.26 Å². The van der Waals surface area contributed by atoms with Crippen molar-refractivity contribution in [3.63, 3.8) is 0 Å². The van der Waals surface area contributed by atoms with Crippen LogP contribution in [0.2, 0.25) is 0 Å². The topological polar surface area (TPSA) is 74.2 Å². The number of rotatable bonds is 5. The van der Waals surface area contributed by atoms with Crippen LogP contribution in [0.3, 0.4) is 0 Å². The van der Waals surface area contributed by atoms with Gasteiger partial charge in [0.15, 0.2) is 0 Å². The van der Waals surface area contributed by atoms with Crippen molar-refractivity contribution in [1.82, 2.24) is 9.97 Å². The quantitative estimate of drug-likeness (QED) is 0.915. The Labute approximate surface area is 129 Å². The van der Waals surface area contributed by atoms with Gasteiger partial charge in [-0.2, -0.15) is 5.26 Å². The zero-order valence-electron chi connectivity index (χ0n) is 12.9. The van der Waals surface area contributed by atoms with Crippen molar-refractivity contribution in [3.05, 3.63) is 23.9 Å². The SMILES string of the molecule is COCC1CCC(COC)N1c1[nH]c2cccnc2c1C#N. The molecule has 3 rings (SSSR count). The number of aromatic amines is 1. The fraction of sp³-hybridized carbons (Fsp3) is 0.500. The van der Waals surface area contributed by atoms with Gasteiger partial charge in [0.1, 0.15) is 23.0 Å². The molecule has 0 radical (unpaired) electrons. The summed E-state index contributed by atoms with van der Waals surface area (Å²) in [5, 5.41) is 9.60. The Morgan fingerprint density at radius 3 is 2.59 bits per heavy atom. The van der Waals surface area contributed by atoms with Crippen molar-refractivity contribution < 1.29 is 9.47 Å². The summed E-state index contributed by atoms with van der Waals surface area (Å²) in [6, 6.07) is 6.60. The molecule has 116 valence electrons. The van der Waals surface area contributed by atoms with Crippen LogP contribution >= 0.6 is 0 Å². The van der Waals surface area contributed by atoms with Gasteiger partial charge in [0, 0.05) is 20.4 Å². The maximum Gasteiger partial charge on any atom is 0.127 e. The van der Waals surface area contributed by atoms with E-state index in [4.69, 9.17) is 9.47 Å². The Kier molecular flexibility index (Phi) is 4.27. The fourth-order valence-electron chi connectivity index (χ4n) is 3.35. The van der Waals surface area contributed by atoms with Gasteiger partial charge in [0.2, 0.25) is 0 Å². The summed E-state index contributed by atoms with van der Waals surface area (Å²) < 4.78 is 10.7. The van der Waals surface area contributed by atoms with Crippen LogP contribution < -0.4 is 4.90 Å². The summed E-state index contributed by atoms with van der Waals surface area (Å²) in [5.74, 6) is 0.831.